The third kappa shape index (κ3) is 6.29. The zero-order chi connectivity index (χ0) is 15.7. The number of rotatable bonds is 9. The van der Waals surface area contributed by atoms with Crippen molar-refractivity contribution in [3.8, 4) is 0 Å². The number of carbonyl (C=O) groups excluding carboxylic acids is 1. The summed E-state index contributed by atoms with van der Waals surface area (Å²) in [5, 5.41) is 4.05. The number of ether oxygens (including phenoxy) is 1. The van der Waals surface area contributed by atoms with Crippen LogP contribution in [0.25, 0.3) is 0 Å². The van der Waals surface area contributed by atoms with Gasteiger partial charge in [-0.25, -0.2) is 0 Å². The Morgan fingerprint density at radius 1 is 1.38 bits per heavy atom. The first-order valence-electron chi connectivity index (χ1n) is 7.17. The van der Waals surface area contributed by atoms with Gasteiger partial charge in [-0.1, -0.05) is 30.7 Å². The van der Waals surface area contributed by atoms with Crippen molar-refractivity contribution in [3.05, 3.63) is 34.9 Å². The molecule has 1 atom stereocenters. The molecule has 3 nitrogen and oxygen atoms in total. The maximum atomic E-state index is 11.9. The molecule has 21 heavy (non-hydrogen) atoms. The lowest BCUT2D eigenvalue weighted by molar-refractivity contribution is -0.148. The van der Waals surface area contributed by atoms with Crippen molar-refractivity contribution in [1.82, 2.24) is 5.32 Å². The van der Waals surface area contributed by atoms with E-state index in [0.717, 1.165) is 35.9 Å². The lowest BCUT2D eigenvalue weighted by atomic mass is 9.99. The van der Waals surface area contributed by atoms with E-state index in [1.807, 2.05) is 43.0 Å². The van der Waals surface area contributed by atoms with Gasteiger partial charge in [0.15, 0.2) is 0 Å². The lowest BCUT2D eigenvalue weighted by Crippen LogP contribution is -2.50. The first-order valence-corrected chi connectivity index (χ1v) is 8.70. The molecule has 118 valence electrons. The van der Waals surface area contributed by atoms with Gasteiger partial charge in [0.25, 0.3) is 0 Å². The summed E-state index contributed by atoms with van der Waals surface area (Å²) in [5.74, 6) is 1.62. The SMILES string of the molecule is CCCNC(C)(CCSCc1ccc(Cl)cc1)C(=O)OC. The van der Waals surface area contributed by atoms with Gasteiger partial charge in [0.1, 0.15) is 5.54 Å². The van der Waals surface area contributed by atoms with Gasteiger partial charge in [-0.05, 0) is 49.8 Å². The topological polar surface area (TPSA) is 38.3 Å². The van der Waals surface area contributed by atoms with Crippen LogP contribution in [0.2, 0.25) is 5.02 Å². The standard InChI is InChI=1S/C16H24ClNO2S/c1-4-10-18-16(2,15(19)20-3)9-11-21-12-13-5-7-14(17)8-6-13/h5-8,18H,4,9-12H2,1-3H3. The molecule has 0 spiro atoms. The highest BCUT2D eigenvalue weighted by molar-refractivity contribution is 7.98. The predicted octanol–water partition coefficient (Wildman–Crippen LogP) is 3.89. The van der Waals surface area contributed by atoms with Gasteiger partial charge >= 0.3 is 5.97 Å². The van der Waals surface area contributed by atoms with Crippen LogP contribution in [0.4, 0.5) is 0 Å². The molecule has 0 aromatic heterocycles. The number of methoxy groups -OCH3 is 1. The summed E-state index contributed by atoms with van der Waals surface area (Å²) in [6.07, 6.45) is 1.74. The average molecular weight is 330 g/mol. The van der Waals surface area contributed by atoms with Gasteiger partial charge < -0.3 is 10.1 Å². The Bertz CT molecular complexity index is 438. The van der Waals surface area contributed by atoms with Gasteiger partial charge in [-0.3, -0.25) is 4.79 Å². The van der Waals surface area contributed by atoms with Crippen LogP contribution >= 0.6 is 23.4 Å². The Morgan fingerprint density at radius 2 is 2.05 bits per heavy atom. The lowest BCUT2D eigenvalue weighted by Gasteiger charge is -2.27. The molecular weight excluding hydrogens is 306 g/mol. The highest BCUT2D eigenvalue weighted by Crippen LogP contribution is 2.20. The highest BCUT2D eigenvalue weighted by Gasteiger charge is 2.32. The van der Waals surface area contributed by atoms with Gasteiger partial charge in [0.05, 0.1) is 7.11 Å². The van der Waals surface area contributed by atoms with Crippen LogP contribution < -0.4 is 5.32 Å². The Hall–Kier alpha value is -0.710. The van der Waals surface area contributed by atoms with Crippen LogP contribution in [0.15, 0.2) is 24.3 Å². The number of nitrogens with one attached hydrogen (secondary N) is 1. The highest BCUT2D eigenvalue weighted by atomic mass is 35.5. The molecule has 0 radical (unpaired) electrons. The first kappa shape index (κ1) is 18.3. The fourth-order valence-electron chi connectivity index (χ4n) is 1.94. The van der Waals surface area contributed by atoms with Crippen molar-refractivity contribution < 1.29 is 9.53 Å². The quantitative estimate of drug-likeness (QED) is 0.551. The molecule has 0 aliphatic carbocycles. The molecule has 0 fully saturated rings. The second-order valence-corrected chi connectivity index (χ2v) is 6.72. The number of thioether (sulfide) groups is 1. The number of esters is 1. The Labute approximate surface area is 136 Å². The average Bonchev–Trinajstić information content (AvgIpc) is 2.50. The molecule has 0 aliphatic heterocycles. The van der Waals surface area contributed by atoms with E-state index in [2.05, 4.69) is 12.2 Å². The minimum atomic E-state index is -0.599. The second kappa shape index (κ2) is 9.34. The van der Waals surface area contributed by atoms with Crippen molar-refractivity contribution in [2.45, 2.75) is 38.0 Å². The normalized spacial score (nSPS) is 13.7. The molecule has 1 aromatic rings. The smallest absolute Gasteiger partial charge is 0.325 e. The maximum Gasteiger partial charge on any atom is 0.325 e. The van der Waals surface area contributed by atoms with Crippen molar-refractivity contribution >= 4 is 29.3 Å². The molecule has 0 amide bonds. The molecule has 0 saturated heterocycles. The molecular formula is C16H24ClNO2S. The van der Waals surface area contributed by atoms with Crippen LogP contribution in [0.3, 0.4) is 0 Å². The molecule has 5 heteroatoms. The predicted molar refractivity (Wildman–Crippen MR) is 90.9 cm³/mol. The largest absolute Gasteiger partial charge is 0.468 e. The van der Waals surface area contributed by atoms with Gasteiger partial charge in [-0.15, -0.1) is 0 Å². The number of halogens is 1. The van der Waals surface area contributed by atoms with Gasteiger partial charge in [0, 0.05) is 10.8 Å². The van der Waals surface area contributed by atoms with Gasteiger partial charge in [0.2, 0.25) is 0 Å². The summed E-state index contributed by atoms with van der Waals surface area (Å²) < 4.78 is 4.92. The van der Waals surface area contributed by atoms with E-state index in [0.29, 0.717) is 0 Å². The second-order valence-electron chi connectivity index (χ2n) is 5.18. The molecule has 1 unspecified atom stereocenters. The summed E-state index contributed by atoms with van der Waals surface area (Å²) in [6.45, 7) is 4.81. The number of carbonyl (C=O) groups is 1. The van der Waals surface area contributed by atoms with Crippen LogP contribution in [0.1, 0.15) is 32.3 Å². The van der Waals surface area contributed by atoms with E-state index in [4.69, 9.17) is 16.3 Å². The monoisotopic (exact) mass is 329 g/mol. The van der Waals surface area contributed by atoms with Crippen LogP contribution in [0, 0.1) is 0 Å². The molecule has 0 heterocycles. The van der Waals surface area contributed by atoms with Crippen molar-refractivity contribution in [2.75, 3.05) is 19.4 Å². The summed E-state index contributed by atoms with van der Waals surface area (Å²) in [4.78, 5) is 11.9. The Morgan fingerprint density at radius 3 is 2.62 bits per heavy atom. The number of hydrogen-bond donors (Lipinski definition) is 1. The van der Waals surface area contributed by atoms with E-state index < -0.39 is 5.54 Å². The molecule has 1 rings (SSSR count). The minimum absolute atomic E-state index is 0.192. The Balaban J connectivity index is 2.42. The van der Waals surface area contributed by atoms with Crippen molar-refractivity contribution in [3.63, 3.8) is 0 Å². The van der Waals surface area contributed by atoms with Crippen LogP contribution in [-0.4, -0.2) is 30.9 Å². The molecule has 0 aliphatic rings. The summed E-state index contributed by atoms with van der Waals surface area (Å²) in [6, 6.07) is 7.87. The minimum Gasteiger partial charge on any atom is -0.468 e. The summed E-state index contributed by atoms with van der Waals surface area (Å²) in [5.41, 5.74) is 0.642. The van der Waals surface area contributed by atoms with E-state index in [1.165, 1.54) is 12.7 Å². The van der Waals surface area contributed by atoms with Crippen LogP contribution in [-0.2, 0) is 15.3 Å². The van der Waals surface area contributed by atoms with E-state index in [-0.39, 0.29) is 5.97 Å². The first-order chi connectivity index (χ1) is 10.0. The fraction of sp³-hybridized carbons (Fsp3) is 0.562. The van der Waals surface area contributed by atoms with E-state index in [1.54, 1.807) is 0 Å². The zero-order valence-corrected chi connectivity index (χ0v) is 14.5. The van der Waals surface area contributed by atoms with Crippen molar-refractivity contribution in [1.29, 1.82) is 0 Å². The molecule has 1 N–H and O–H groups in total. The Kier molecular flexibility index (Phi) is 8.15. The van der Waals surface area contributed by atoms with Gasteiger partial charge in [-0.2, -0.15) is 11.8 Å². The molecule has 0 saturated carbocycles. The van der Waals surface area contributed by atoms with Crippen molar-refractivity contribution in [2.24, 2.45) is 0 Å². The third-order valence-corrected chi connectivity index (χ3v) is 4.61. The summed E-state index contributed by atoms with van der Waals surface area (Å²) in [7, 11) is 1.44. The fourth-order valence-corrected chi connectivity index (χ4v) is 3.19. The van der Waals surface area contributed by atoms with E-state index >= 15 is 0 Å². The molecule has 0 bridgehead atoms. The van der Waals surface area contributed by atoms with Crippen LogP contribution in [0.5, 0.6) is 0 Å². The number of benzene rings is 1. The maximum absolute atomic E-state index is 11.9. The molecule has 1 aromatic carbocycles. The third-order valence-electron chi connectivity index (χ3n) is 3.33. The van der Waals surface area contributed by atoms with E-state index in [9.17, 15) is 4.79 Å². The number of hydrogen-bond acceptors (Lipinski definition) is 4. The zero-order valence-electron chi connectivity index (χ0n) is 12.9. The summed E-state index contributed by atoms with van der Waals surface area (Å²) >= 11 is 7.68.